The van der Waals surface area contributed by atoms with Gasteiger partial charge >= 0.3 is 6.09 Å². The first-order valence-corrected chi connectivity index (χ1v) is 6.06. The van der Waals surface area contributed by atoms with Crippen molar-refractivity contribution in [1.29, 1.82) is 0 Å². The highest BCUT2D eigenvalue weighted by molar-refractivity contribution is 6.33. The van der Waals surface area contributed by atoms with Gasteiger partial charge in [-0.3, -0.25) is 5.32 Å². The number of carbonyl (C=O) groups is 1. The van der Waals surface area contributed by atoms with Crippen LogP contribution in [0, 0.1) is 0 Å². The summed E-state index contributed by atoms with van der Waals surface area (Å²) in [7, 11) is 0. The Hall–Kier alpha value is -1.26. The van der Waals surface area contributed by atoms with Crippen molar-refractivity contribution >= 4 is 23.4 Å². The van der Waals surface area contributed by atoms with E-state index in [-0.39, 0.29) is 6.10 Å². The number of nitrogens with one attached hydrogen (secondary N) is 2. The second-order valence-electron chi connectivity index (χ2n) is 3.98. The average molecular weight is 255 g/mol. The van der Waals surface area contributed by atoms with Crippen molar-refractivity contribution in [3.05, 3.63) is 29.3 Å². The summed E-state index contributed by atoms with van der Waals surface area (Å²) >= 11 is 5.93. The smallest absolute Gasteiger partial charge is 0.411 e. The Bertz CT molecular complexity index is 392. The Labute approximate surface area is 105 Å². The second kappa shape index (κ2) is 5.89. The van der Waals surface area contributed by atoms with Gasteiger partial charge in [0.2, 0.25) is 0 Å². The van der Waals surface area contributed by atoms with Crippen LogP contribution in [0.5, 0.6) is 0 Å². The fourth-order valence-corrected chi connectivity index (χ4v) is 1.96. The lowest BCUT2D eigenvalue weighted by Gasteiger charge is -2.22. The molecule has 0 spiro atoms. The summed E-state index contributed by atoms with van der Waals surface area (Å²) in [5.41, 5.74) is 0.572. The van der Waals surface area contributed by atoms with Gasteiger partial charge in [-0.25, -0.2) is 4.79 Å². The number of para-hydroxylation sites is 1. The molecular formula is C12H15ClN2O2. The summed E-state index contributed by atoms with van der Waals surface area (Å²) in [6, 6.07) is 7.08. The molecule has 1 aliphatic rings. The molecule has 17 heavy (non-hydrogen) atoms. The van der Waals surface area contributed by atoms with Crippen LogP contribution >= 0.6 is 11.6 Å². The molecule has 1 amide bonds. The number of amides is 1. The molecule has 92 valence electrons. The number of anilines is 1. The molecule has 1 aromatic carbocycles. The van der Waals surface area contributed by atoms with Gasteiger partial charge in [0.15, 0.2) is 0 Å². The summed E-state index contributed by atoms with van der Waals surface area (Å²) in [6.07, 6.45) is 1.44. The Balaban J connectivity index is 1.86. The summed E-state index contributed by atoms with van der Waals surface area (Å²) in [4.78, 5) is 11.6. The fraction of sp³-hybridized carbons (Fsp3) is 0.417. The van der Waals surface area contributed by atoms with E-state index in [4.69, 9.17) is 16.3 Å². The van der Waals surface area contributed by atoms with Crippen molar-refractivity contribution < 1.29 is 9.53 Å². The third kappa shape index (κ3) is 3.61. The molecule has 1 unspecified atom stereocenters. The number of carbonyl (C=O) groups excluding carboxylic acids is 1. The number of ether oxygens (including phenoxy) is 1. The van der Waals surface area contributed by atoms with E-state index in [1.165, 1.54) is 0 Å². The third-order valence-electron chi connectivity index (χ3n) is 2.64. The lowest BCUT2D eigenvalue weighted by Crippen LogP contribution is -2.37. The fourth-order valence-electron chi connectivity index (χ4n) is 1.77. The van der Waals surface area contributed by atoms with Gasteiger partial charge in [-0.1, -0.05) is 23.7 Å². The SMILES string of the molecule is O=C(Nc1ccccc1Cl)OC1CCCNC1. The molecule has 0 bridgehead atoms. The molecule has 0 radical (unpaired) electrons. The van der Waals surface area contributed by atoms with E-state index in [1.807, 2.05) is 12.1 Å². The van der Waals surface area contributed by atoms with Crippen molar-refractivity contribution in [2.75, 3.05) is 18.4 Å². The Morgan fingerprint density at radius 2 is 2.29 bits per heavy atom. The first kappa shape index (κ1) is 12.2. The number of hydrogen-bond donors (Lipinski definition) is 2. The minimum absolute atomic E-state index is 0.0498. The minimum Gasteiger partial charge on any atom is -0.445 e. The standard InChI is InChI=1S/C12H15ClN2O2/c13-10-5-1-2-6-11(10)15-12(16)17-9-4-3-7-14-8-9/h1-2,5-6,9,14H,3-4,7-8H2,(H,15,16). The summed E-state index contributed by atoms with van der Waals surface area (Å²) < 4.78 is 5.28. The molecule has 0 aliphatic carbocycles. The van der Waals surface area contributed by atoms with Crippen molar-refractivity contribution in [1.82, 2.24) is 5.32 Å². The normalized spacial score (nSPS) is 19.7. The summed E-state index contributed by atoms with van der Waals surface area (Å²) in [5.74, 6) is 0. The predicted octanol–water partition coefficient (Wildman–Crippen LogP) is 2.64. The van der Waals surface area contributed by atoms with E-state index in [2.05, 4.69) is 10.6 Å². The van der Waals surface area contributed by atoms with E-state index in [9.17, 15) is 4.79 Å². The van der Waals surface area contributed by atoms with Crippen molar-refractivity contribution in [2.45, 2.75) is 18.9 Å². The van der Waals surface area contributed by atoms with Crippen LogP contribution in [0.15, 0.2) is 24.3 Å². The van der Waals surface area contributed by atoms with Gasteiger partial charge < -0.3 is 10.1 Å². The minimum atomic E-state index is -0.452. The van der Waals surface area contributed by atoms with Gasteiger partial charge in [0.1, 0.15) is 6.10 Å². The van der Waals surface area contributed by atoms with Crippen LogP contribution in [0.3, 0.4) is 0 Å². The molecule has 0 saturated carbocycles. The van der Waals surface area contributed by atoms with Crippen LogP contribution in [0.25, 0.3) is 0 Å². The molecule has 0 aromatic heterocycles. The van der Waals surface area contributed by atoms with Gasteiger partial charge in [-0.2, -0.15) is 0 Å². The monoisotopic (exact) mass is 254 g/mol. The molecule has 1 aliphatic heterocycles. The molecule has 1 fully saturated rings. The van der Waals surface area contributed by atoms with Crippen molar-refractivity contribution in [3.8, 4) is 0 Å². The number of benzene rings is 1. The number of rotatable bonds is 2. The molecule has 4 nitrogen and oxygen atoms in total. The van der Waals surface area contributed by atoms with E-state index >= 15 is 0 Å². The van der Waals surface area contributed by atoms with E-state index in [0.29, 0.717) is 10.7 Å². The largest absolute Gasteiger partial charge is 0.445 e. The lowest BCUT2D eigenvalue weighted by molar-refractivity contribution is 0.0941. The zero-order valence-corrected chi connectivity index (χ0v) is 10.2. The van der Waals surface area contributed by atoms with E-state index < -0.39 is 6.09 Å². The molecule has 1 saturated heterocycles. The first-order chi connectivity index (χ1) is 8.25. The van der Waals surface area contributed by atoms with Crippen LogP contribution in [0.2, 0.25) is 5.02 Å². The first-order valence-electron chi connectivity index (χ1n) is 5.68. The van der Waals surface area contributed by atoms with Crippen LogP contribution < -0.4 is 10.6 Å². The maximum atomic E-state index is 11.6. The van der Waals surface area contributed by atoms with Gasteiger partial charge in [-0.15, -0.1) is 0 Å². The molecular weight excluding hydrogens is 240 g/mol. The highest BCUT2D eigenvalue weighted by Crippen LogP contribution is 2.20. The van der Waals surface area contributed by atoms with Crippen molar-refractivity contribution in [2.24, 2.45) is 0 Å². The maximum Gasteiger partial charge on any atom is 0.411 e. The molecule has 2 rings (SSSR count). The van der Waals surface area contributed by atoms with Gasteiger partial charge in [-0.05, 0) is 31.5 Å². The van der Waals surface area contributed by atoms with E-state index in [1.54, 1.807) is 12.1 Å². The average Bonchev–Trinajstić information content (AvgIpc) is 2.33. The summed E-state index contributed by atoms with van der Waals surface area (Å²) in [5, 5.41) is 6.33. The van der Waals surface area contributed by atoms with Crippen LogP contribution in [0.1, 0.15) is 12.8 Å². The van der Waals surface area contributed by atoms with Gasteiger partial charge in [0.25, 0.3) is 0 Å². The highest BCUT2D eigenvalue weighted by Gasteiger charge is 2.17. The van der Waals surface area contributed by atoms with Gasteiger partial charge in [0, 0.05) is 6.54 Å². The van der Waals surface area contributed by atoms with E-state index in [0.717, 1.165) is 25.9 Å². The number of piperidine rings is 1. The number of hydrogen-bond acceptors (Lipinski definition) is 3. The Morgan fingerprint density at radius 3 is 3.00 bits per heavy atom. The van der Waals surface area contributed by atoms with Gasteiger partial charge in [0.05, 0.1) is 10.7 Å². The van der Waals surface area contributed by atoms with Crippen LogP contribution in [-0.4, -0.2) is 25.3 Å². The van der Waals surface area contributed by atoms with Crippen molar-refractivity contribution in [3.63, 3.8) is 0 Å². The Kier molecular flexibility index (Phi) is 4.23. The molecule has 2 N–H and O–H groups in total. The number of halogens is 1. The zero-order valence-electron chi connectivity index (χ0n) is 9.41. The molecule has 1 atom stereocenters. The third-order valence-corrected chi connectivity index (χ3v) is 2.97. The predicted molar refractivity (Wildman–Crippen MR) is 67.4 cm³/mol. The summed E-state index contributed by atoms with van der Waals surface area (Å²) in [6.45, 7) is 1.71. The second-order valence-corrected chi connectivity index (χ2v) is 4.39. The highest BCUT2D eigenvalue weighted by atomic mass is 35.5. The molecule has 1 aromatic rings. The van der Waals surface area contributed by atoms with Crippen LogP contribution in [-0.2, 0) is 4.74 Å². The molecule has 5 heteroatoms. The lowest BCUT2D eigenvalue weighted by atomic mass is 10.1. The zero-order chi connectivity index (χ0) is 12.1. The molecule has 1 heterocycles. The quantitative estimate of drug-likeness (QED) is 0.853. The Morgan fingerprint density at radius 1 is 1.47 bits per heavy atom. The van der Waals surface area contributed by atoms with Crippen LogP contribution in [0.4, 0.5) is 10.5 Å². The topological polar surface area (TPSA) is 50.4 Å². The maximum absolute atomic E-state index is 11.6.